The first-order valence-electron chi connectivity index (χ1n) is 10.7. The van der Waals surface area contributed by atoms with Crippen LogP contribution in [0, 0.1) is 5.41 Å². The van der Waals surface area contributed by atoms with Crippen LogP contribution in [0.1, 0.15) is 63.2 Å². The third kappa shape index (κ3) is 6.87. The monoisotopic (exact) mass is 434 g/mol. The molecular weight excluding hydrogens is 400 g/mol. The van der Waals surface area contributed by atoms with Crippen LogP contribution in [0.4, 0.5) is 5.69 Å². The molecule has 0 aromatic heterocycles. The first-order chi connectivity index (χ1) is 14.7. The molecule has 1 heterocycles. The van der Waals surface area contributed by atoms with E-state index < -0.39 is 11.4 Å². The van der Waals surface area contributed by atoms with Crippen molar-refractivity contribution in [1.82, 2.24) is 4.90 Å². The number of rotatable bonds is 6. The molecule has 1 N–H and O–H groups in total. The van der Waals surface area contributed by atoms with Crippen molar-refractivity contribution < 1.29 is 28.6 Å². The summed E-state index contributed by atoms with van der Waals surface area (Å²) in [5, 5.41) is 2.75. The fraction of sp³-hybridized carbons (Fsp3) is 0.609. The number of amides is 2. The maximum Gasteiger partial charge on any atom is 0.340 e. The van der Waals surface area contributed by atoms with Crippen LogP contribution in [-0.4, -0.2) is 56.6 Å². The van der Waals surface area contributed by atoms with E-state index in [0.29, 0.717) is 24.6 Å². The predicted octanol–water partition coefficient (Wildman–Crippen LogP) is 3.64. The van der Waals surface area contributed by atoms with Gasteiger partial charge in [-0.05, 0) is 12.8 Å². The molecule has 0 atom stereocenters. The van der Waals surface area contributed by atoms with E-state index in [9.17, 15) is 14.4 Å². The molecule has 1 saturated heterocycles. The first kappa shape index (κ1) is 24.5. The lowest BCUT2D eigenvalue weighted by atomic mass is 9.95. The van der Waals surface area contributed by atoms with Gasteiger partial charge in [-0.3, -0.25) is 9.59 Å². The second-order valence-electron chi connectivity index (χ2n) is 8.68. The van der Waals surface area contributed by atoms with Gasteiger partial charge in [-0.25, -0.2) is 4.79 Å². The van der Waals surface area contributed by atoms with Gasteiger partial charge in [-0.1, -0.05) is 40.0 Å². The Hall–Kier alpha value is -2.77. The Bertz CT molecular complexity index is 792. The van der Waals surface area contributed by atoms with E-state index in [0.717, 1.165) is 25.7 Å². The summed E-state index contributed by atoms with van der Waals surface area (Å²) < 4.78 is 15.9. The Morgan fingerprint density at radius 3 is 2.03 bits per heavy atom. The SMILES string of the molecule is COc1cc(NC(=O)C(C)(C)C)c(C(=O)OCC(=O)N2CCCCCCC2)cc1OC. The summed E-state index contributed by atoms with van der Waals surface area (Å²) in [7, 11) is 2.92. The molecule has 0 saturated carbocycles. The second kappa shape index (κ2) is 11.0. The summed E-state index contributed by atoms with van der Waals surface area (Å²) >= 11 is 0. The zero-order valence-corrected chi connectivity index (χ0v) is 19.2. The highest BCUT2D eigenvalue weighted by molar-refractivity contribution is 6.04. The highest BCUT2D eigenvalue weighted by Crippen LogP contribution is 2.34. The van der Waals surface area contributed by atoms with Crippen molar-refractivity contribution in [1.29, 1.82) is 0 Å². The molecule has 0 aliphatic carbocycles. The summed E-state index contributed by atoms with van der Waals surface area (Å²) in [5.41, 5.74) is -0.340. The van der Waals surface area contributed by atoms with Gasteiger partial charge >= 0.3 is 5.97 Å². The third-order valence-electron chi connectivity index (χ3n) is 5.21. The van der Waals surface area contributed by atoms with Crippen molar-refractivity contribution in [3.63, 3.8) is 0 Å². The third-order valence-corrected chi connectivity index (χ3v) is 5.21. The van der Waals surface area contributed by atoms with Gasteiger partial charge in [-0.2, -0.15) is 0 Å². The van der Waals surface area contributed by atoms with Crippen molar-refractivity contribution >= 4 is 23.5 Å². The number of hydrogen-bond acceptors (Lipinski definition) is 6. The molecule has 1 aliphatic heterocycles. The number of benzene rings is 1. The van der Waals surface area contributed by atoms with Gasteiger partial charge in [0.2, 0.25) is 5.91 Å². The van der Waals surface area contributed by atoms with Crippen LogP contribution in [-0.2, 0) is 14.3 Å². The predicted molar refractivity (Wildman–Crippen MR) is 118 cm³/mol. The molecule has 0 radical (unpaired) electrons. The van der Waals surface area contributed by atoms with Crippen LogP contribution in [0.25, 0.3) is 0 Å². The normalized spacial score (nSPS) is 14.8. The zero-order chi connectivity index (χ0) is 23.0. The van der Waals surface area contributed by atoms with Gasteiger partial charge < -0.3 is 24.4 Å². The fourth-order valence-electron chi connectivity index (χ4n) is 3.25. The molecule has 1 aliphatic rings. The minimum Gasteiger partial charge on any atom is -0.493 e. The number of esters is 1. The molecule has 1 aromatic carbocycles. The maximum atomic E-state index is 12.8. The van der Waals surface area contributed by atoms with Crippen LogP contribution in [0.3, 0.4) is 0 Å². The van der Waals surface area contributed by atoms with Crippen LogP contribution >= 0.6 is 0 Å². The van der Waals surface area contributed by atoms with Crippen LogP contribution in [0.2, 0.25) is 0 Å². The van der Waals surface area contributed by atoms with E-state index in [1.807, 2.05) is 0 Å². The largest absolute Gasteiger partial charge is 0.493 e. The van der Waals surface area contributed by atoms with Gasteiger partial charge in [0, 0.05) is 30.6 Å². The highest BCUT2D eigenvalue weighted by Gasteiger charge is 2.26. The van der Waals surface area contributed by atoms with Gasteiger partial charge in [-0.15, -0.1) is 0 Å². The molecular formula is C23H34N2O6. The summed E-state index contributed by atoms with van der Waals surface area (Å²) in [6.07, 6.45) is 5.31. The molecule has 1 fully saturated rings. The maximum absolute atomic E-state index is 12.8. The van der Waals surface area contributed by atoms with Crippen molar-refractivity contribution in [2.75, 3.05) is 39.2 Å². The molecule has 31 heavy (non-hydrogen) atoms. The molecule has 0 bridgehead atoms. The summed E-state index contributed by atoms with van der Waals surface area (Å²) in [6, 6.07) is 2.96. The Balaban J connectivity index is 2.18. The summed E-state index contributed by atoms with van der Waals surface area (Å²) in [4.78, 5) is 39.6. The zero-order valence-electron chi connectivity index (χ0n) is 19.2. The second-order valence-corrected chi connectivity index (χ2v) is 8.68. The molecule has 1 aromatic rings. The number of carbonyl (C=O) groups excluding carboxylic acids is 3. The molecule has 8 heteroatoms. The number of likely N-dealkylation sites (tertiary alicyclic amines) is 1. The topological polar surface area (TPSA) is 94.2 Å². The van der Waals surface area contributed by atoms with E-state index >= 15 is 0 Å². The van der Waals surface area contributed by atoms with Crippen LogP contribution < -0.4 is 14.8 Å². The standard InChI is InChI=1S/C23H34N2O6/c1-23(2,3)22(28)24-17-14-19(30-5)18(29-4)13-16(17)21(27)31-15-20(26)25-11-9-7-6-8-10-12-25/h13-14H,6-12,15H2,1-5H3,(H,24,28). The van der Waals surface area contributed by atoms with E-state index in [4.69, 9.17) is 14.2 Å². The van der Waals surface area contributed by atoms with E-state index in [1.54, 1.807) is 25.7 Å². The average molecular weight is 435 g/mol. The Morgan fingerprint density at radius 2 is 1.48 bits per heavy atom. The lowest BCUT2D eigenvalue weighted by molar-refractivity contribution is -0.134. The number of methoxy groups -OCH3 is 2. The molecule has 0 spiro atoms. The molecule has 8 nitrogen and oxygen atoms in total. The first-order valence-corrected chi connectivity index (χ1v) is 10.7. The van der Waals surface area contributed by atoms with Gasteiger partial charge in [0.05, 0.1) is 25.5 Å². The van der Waals surface area contributed by atoms with Crippen molar-refractivity contribution in [3.8, 4) is 11.5 Å². The molecule has 2 rings (SSSR count). The van der Waals surface area contributed by atoms with Gasteiger partial charge in [0.15, 0.2) is 18.1 Å². The molecule has 0 unspecified atom stereocenters. The number of carbonyl (C=O) groups is 3. The Kier molecular flexibility index (Phi) is 8.71. The summed E-state index contributed by atoms with van der Waals surface area (Å²) in [6.45, 7) is 6.31. The van der Waals surface area contributed by atoms with Crippen LogP contribution in [0.15, 0.2) is 12.1 Å². The lowest BCUT2D eigenvalue weighted by Crippen LogP contribution is -2.37. The smallest absolute Gasteiger partial charge is 0.340 e. The van der Waals surface area contributed by atoms with E-state index in [-0.39, 0.29) is 29.7 Å². The lowest BCUT2D eigenvalue weighted by Gasteiger charge is -2.24. The minimum atomic E-state index is -0.717. The molecule has 172 valence electrons. The summed E-state index contributed by atoms with van der Waals surface area (Å²) in [5.74, 6) is -0.523. The van der Waals surface area contributed by atoms with Gasteiger partial charge in [0.1, 0.15) is 0 Å². The van der Waals surface area contributed by atoms with E-state index in [2.05, 4.69) is 5.32 Å². The van der Waals surface area contributed by atoms with Crippen molar-refractivity contribution in [3.05, 3.63) is 17.7 Å². The number of nitrogens with zero attached hydrogens (tertiary/aromatic N) is 1. The highest BCUT2D eigenvalue weighted by atomic mass is 16.5. The van der Waals surface area contributed by atoms with Crippen molar-refractivity contribution in [2.45, 2.75) is 52.9 Å². The average Bonchev–Trinajstić information content (AvgIpc) is 2.70. The number of anilines is 1. The van der Waals surface area contributed by atoms with Crippen LogP contribution in [0.5, 0.6) is 11.5 Å². The van der Waals surface area contributed by atoms with E-state index in [1.165, 1.54) is 32.8 Å². The Morgan fingerprint density at radius 1 is 0.935 bits per heavy atom. The quantitative estimate of drug-likeness (QED) is 0.687. The van der Waals surface area contributed by atoms with Crippen molar-refractivity contribution in [2.24, 2.45) is 5.41 Å². The molecule has 2 amide bonds. The fourth-order valence-corrected chi connectivity index (χ4v) is 3.25. The Labute approximate surface area is 184 Å². The number of ether oxygens (including phenoxy) is 3. The number of nitrogens with one attached hydrogen (secondary N) is 1. The number of hydrogen-bond donors (Lipinski definition) is 1. The minimum absolute atomic E-state index is 0.0933. The van der Waals surface area contributed by atoms with Gasteiger partial charge in [0.25, 0.3) is 5.91 Å².